The van der Waals surface area contributed by atoms with Crippen LogP contribution in [0.5, 0.6) is 0 Å². The molecule has 1 saturated carbocycles. The zero-order valence-corrected chi connectivity index (χ0v) is 18.1. The Morgan fingerprint density at radius 3 is 2.59 bits per heavy atom. The molecule has 2 amide bonds. The molecule has 0 spiro atoms. The van der Waals surface area contributed by atoms with Crippen LogP contribution in [0.4, 0.5) is 0 Å². The zero-order valence-electron chi connectivity index (χ0n) is 17.3. The highest BCUT2D eigenvalue weighted by Gasteiger charge is 2.39. The van der Waals surface area contributed by atoms with Gasteiger partial charge >= 0.3 is 0 Å². The van der Waals surface area contributed by atoms with Gasteiger partial charge in [-0.15, -0.1) is 0 Å². The minimum absolute atomic E-state index is 0.0530. The van der Waals surface area contributed by atoms with E-state index in [1.54, 1.807) is 4.90 Å². The van der Waals surface area contributed by atoms with E-state index in [4.69, 9.17) is 0 Å². The van der Waals surface area contributed by atoms with Crippen molar-refractivity contribution in [2.75, 3.05) is 32.4 Å². The topological polar surface area (TPSA) is 86.8 Å². The molecule has 160 valence electrons. The fourth-order valence-corrected chi connectivity index (χ4v) is 5.61. The van der Waals surface area contributed by atoms with Crippen molar-refractivity contribution in [2.45, 2.75) is 45.1 Å². The Morgan fingerprint density at radius 2 is 1.86 bits per heavy atom. The Morgan fingerprint density at radius 1 is 1.14 bits per heavy atom. The molecule has 1 N–H and O–H groups in total. The minimum Gasteiger partial charge on any atom is -0.354 e. The summed E-state index contributed by atoms with van der Waals surface area (Å²) in [5.74, 6) is -0.466. The summed E-state index contributed by atoms with van der Waals surface area (Å²) in [4.78, 5) is 27.3. The van der Waals surface area contributed by atoms with Crippen LogP contribution in [-0.2, 0) is 26.0 Å². The standard InChI is InChI=1S/C21H31N3O4S/c1-16-7-3-4-8-17(16)15-20(25)23-12-11-22-21(26)18-9-5-6-10-19(18)24(14-13-23)29(2,27)28/h3-4,7-8,18-19H,5-6,9-15H2,1-2H3,(H,22,26)/t18-,19+/m0/s1. The summed E-state index contributed by atoms with van der Waals surface area (Å²) in [6.45, 7) is 3.30. The number of hydrogen-bond donors (Lipinski definition) is 1. The highest BCUT2D eigenvalue weighted by Crippen LogP contribution is 2.30. The lowest BCUT2D eigenvalue weighted by Crippen LogP contribution is -2.55. The van der Waals surface area contributed by atoms with Gasteiger partial charge in [0.25, 0.3) is 0 Å². The zero-order chi connectivity index (χ0) is 21.0. The van der Waals surface area contributed by atoms with Gasteiger partial charge in [0.2, 0.25) is 21.8 Å². The van der Waals surface area contributed by atoms with Crippen LogP contribution in [0.3, 0.4) is 0 Å². The molecule has 1 heterocycles. The van der Waals surface area contributed by atoms with Crippen LogP contribution < -0.4 is 5.32 Å². The summed E-state index contributed by atoms with van der Waals surface area (Å²) in [5.41, 5.74) is 2.02. The van der Waals surface area contributed by atoms with Gasteiger partial charge < -0.3 is 10.2 Å². The SMILES string of the molecule is Cc1ccccc1CC(=O)N1CCNC(=O)[C@H]2CCCC[C@H]2N(S(C)(=O)=O)CC1. The van der Waals surface area contributed by atoms with Gasteiger partial charge in [-0.1, -0.05) is 37.1 Å². The Balaban J connectivity index is 1.80. The van der Waals surface area contributed by atoms with Gasteiger partial charge in [-0.05, 0) is 30.9 Å². The van der Waals surface area contributed by atoms with Crippen LogP contribution in [0.1, 0.15) is 36.8 Å². The van der Waals surface area contributed by atoms with Gasteiger partial charge in [-0.25, -0.2) is 8.42 Å². The van der Waals surface area contributed by atoms with E-state index in [9.17, 15) is 18.0 Å². The number of fused-ring (bicyclic) bond motifs is 1. The van der Waals surface area contributed by atoms with Crippen LogP contribution in [0, 0.1) is 12.8 Å². The number of sulfonamides is 1. The molecule has 8 heteroatoms. The maximum atomic E-state index is 12.9. The lowest BCUT2D eigenvalue weighted by atomic mass is 9.83. The fourth-order valence-electron chi connectivity index (χ4n) is 4.45. The van der Waals surface area contributed by atoms with E-state index in [1.807, 2.05) is 31.2 Å². The number of hydrogen-bond acceptors (Lipinski definition) is 4. The Kier molecular flexibility index (Phi) is 6.95. The molecular formula is C21H31N3O4S. The molecule has 3 rings (SSSR count). The first kappa shape index (κ1) is 21.8. The second kappa shape index (κ2) is 9.26. The Hall–Kier alpha value is -1.93. The van der Waals surface area contributed by atoms with E-state index in [1.165, 1.54) is 10.6 Å². The van der Waals surface area contributed by atoms with E-state index in [0.29, 0.717) is 32.5 Å². The van der Waals surface area contributed by atoms with Gasteiger partial charge in [0.1, 0.15) is 0 Å². The van der Waals surface area contributed by atoms with Gasteiger partial charge in [0, 0.05) is 32.2 Å². The van der Waals surface area contributed by atoms with Crippen molar-refractivity contribution >= 4 is 21.8 Å². The molecule has 0 aromatic heterocycles. The fraction of sp³-hybridized carbons (Fsp3) is 0.619. The monoisotopic (exact) mass is 421 g/mol. The largest absolute Gasteiger partial charge is 0.354 e. The molecule has 0 radical (unpaired) electrons. The Labute approximate surface area is 173 Å². The summed E-state index contributed by atoms with van der Waals surface area (Å²) in [6, 6.07) is 7.43. The second-order valence-electron chi connectivity index (χ2n) is 8.11. The van der Waals surface area contributed by atoms with Crippen molar-refractivity contribution in [1.82, 2.24) is 14.5 Å². The average molecular weight is 422 g/mol. The number of rotatable bonds is 3. The summed E-state index contributed by atoms with van der Waals surface area (Å²) in [6.07, 6.45) is 4.71. The first-order chi connectivity index (χ1) is 13.8. The van der Waals surface area contributed by atoms with Crippen LogP contribution in [-0.4, -0.2) is 67.9 Å². The smallest absolute Gasteiger partial charge is 0.227 e. The van der Waals surface area contributed by atoms with E-state index in [2.05, 4.69) is 5.32 Å². The van der Waals surface area contributed by atoms with E-state index < -0.39 is 10.0 Å². The summed E-state index contributed by atoms with van der Waals surface area (Å²) in [5, 5.41) is 2.93. The molecule has 2 atom stereocenters. The van der Waals surface area contributed by atoms with Crippen LogP contribution in [0.2, 0.25) is 0 Å². The normalized spacial score (nSPS) is 24.5. The molecule has 2 fully saturated rings. The molecule has 2 aliphatic rings. The predicted molar refractivity (Wildman–Crippen MR) is 112 cm³/mol. The number of aryl methyl sites for hydroxylation is 1. The maximum absolute atomic E-state index is 12.9. The minimum atomic E-state index is -3.49. The molecule has 29 heavy (non-hydrogen) atoms. The molecular weight excluding hydrogens is 390 g/mol. The lowest BCUT2D eigenvalue weighted by Gasteiger charge is -2.39. The van der Waals surface area contributed by atoms with E-state index in [-0.39, 0.29) is 36.7 Å². The average Bonchev–Trinajstić information content (AvgIpc) is 2.67. The third-order valence-corrected chi connectivity index (χ3v) is 7.39. The van der Waals surface area contributed by atoms with Crippen molar-refractivity contribution in [1.29, 1.82) is 0 Å². The van der Waals surface area contributed by atoms with Crippen LogP contribution in [0.15, 0.2) is 24.3 Å². The number of benzene rings is 1. The van der Waals surface area contributed by atoms with Crippen molar-refractivity contribution in [3.63, 3.8) is 0 Å². The first-order valence-corrected chi connectivity index (χ1v) is 12.2. The maximum Gasteiger partial charge on any atom is 0.227 e. The van der Waals surface area contributed by atoms with Gasteiger partial charge in [-0.3, -0.25) is 9.59 Å². The summed E-state index contributed by atoms with van der Waals surface area (Å²) < 4.78 is 26.5. The summed E-state index contributed by atoms with van der Waals surface area (Å²) >= 11 is 0. The lowest BCUT2D eigenvalue weighted by molar-refractivity contribution is -0.133. The molecule has 1 aliphatic heterocycles. The number of nitrogens with zero attached hydrogens (tertiary/aromatic N) is 2. The Bertz CT molecular complexity index is 855. The van der Waals surface area contributed by atoms with Gasteiger partial charge in [0.15, 0.2) is 0 Å². The second-order valence-corrected chi connectivity index (χ2v) is 10.0. The van der Waals surface area contributed by atoms with Gasteiger partial charge in [-0.2, -0.15) is 4.31 Å². The molecule has 1 aromatic carbocycles. The quantitative estimate of drug-likeness (QED) is 0.797. The van der Waals surface area contributed by atoms with Crippen molar-refractivity contribution < 1.29 is 18.0 Å². The number of carbonyl (C=O) groups excluding carboxylic acids is 2. The van der Waals surface area contributed by atoms with Crippen LogP contribution >= 0.6 is 0 Å². The highest BCUT2D eigenvalue weighted by molar-refractivity contribution is 7.88. The first-order valence-electron chi connectivity index (χ1n) is 10.3. The third kappa shape index (κ3) is 5.36. The molecule has 1 saturated heterocycles. The van der Waals surface area contributed by atoms with Crippen LogP contribution in [0.25, 0.3) is 0 Å². The van der Waals surface area contributed by atoms with E-state index in [0.717, 1.165) is 24.0 Å². The molecule has 0 bridgehead atoms. The third-order valence-electron chi connectivity index (χ3n) is 6.09. The van der Waals surface area contributed by atoms with E-state index >= 15 is 0 Å². The molecule has 7 nitrogen and oxygen atoms in total. The van der Waals surface area contributed by atoms with Crippen molar-refractivity contribution in [3.05, 3.63) is 35.4 Å². The van der Waals surface area contributed by atoms with Crippen molar-refractivity contribution in [2.24, 2.45) is 5.92 Å². The van der Waals surface area contributed by atoms with Crippen molar-refractivity contribution in [3.8, 4) is 0 Å². The number of amides is 2. The molecule has 0 unspecified atom stereocenters. The number of carbonyl (C=O) groups is 2. The highest BCUT2D eigenvalue weighted by atomic mass is 32.2. The molecule has 1 aromatic rings. The van der Waals surface area contributed by atoms with Gasteiger partial charge in [0.05, 0.1) is 18.6 Å². The number of nitrogens with one attached hydrogen (secondary N) is 1. The summed E-state index contributed by atoms with van der Waals surface area (Å²) in [7, 11) is -3.49. The molecule has 1 aliphatic carbocycles. The predicted octanol–water partition coefficient (Wildman–Crippen LogP) is 1.32.